The van der Waals surface area contributed by atoms with Crippen molar-refractivity contribution >= 4 is 17.5 Å². The molecule has 1 aliphatic carbocycles. The molecule has 0 saturated heterocycles. The van der Waals surface area contributed by atoms with Crippen molar-refractivity contribution in [3.63, 3.8) is 0 Å². The lowest BCUT2D eigenvalue weighted by molar-refractivity contribution is 0.244. The van der Waals surface area contributed by atoms with Crippen LogP contribution in [-0.4, -0.2) is 23.6 Å². The topological polar surface area (TPSA) is 66.0 Å². The molecule has 5 nitrogen and oxygen atoms in total. The first-order valence-corrected chi connectivity index (χ1v) is 9.21. The van der Waals surface area contributed by atoms with Gasteiger partial charge in [-0.25, -0.2) is 14.2 Å². The molecule has 6 heteroatoms. The molecule has 2 amide bonds. The van der Waals surface area contributed by atoms with Crippen molar-refractivity contribution in [2.45, 2.75) is 44.6 Å². The second kappa shape index (κ2) is 9.17. The molecule has 138 valence electrons. The highest BCUT2D eigenvalue weighted by Crippen LogP contribution is 2.17. The second-order valence-electron chi connectivity index (χ2n) is 6.67. The summed E-state index contributed by atoms with van der Waals surface area (Å²) in [6, 6.07) is 10.2. The largest absolute Gasteiger partial charge is 0.383 e. The van der Waals surface area contributed by atoms with E-state index in [0.717, 1.165) is 37.1 Å². The molecule has 2 aromatic rings. The van der Waals surface area contributed by atoms with E-state index in [1.165, 1.54) is 31.4 Å². The summed E-state index contributed by atoms with van der Waals surface area (Å²) in [6.07, 6.45) is 8.22. The molecular weight excluding hydrogens is 331 g/mol. The van der Waals surface area contributed by atoms with Crippen molar-refractivity contribution in [1.82, 2.24) is 10.3 Å². The highest BCUT2D eigenvalue weighted by Gasteiger charge is 2.15. The maximum absolute atomic E-state index is 12.9. The third-order valence-corrected chi connectivity index (χ3v) is 4.60. The lowest BCUT2D eigenvalue weighted by Crippen LogP contribution is -2.39. The number of pyridine rings is 1. The first kappa shape index (κ1) is 18.2. The number of amides is 2. The summed E-state index contributed by atoms with van der Waals surface area (Å²) >= 11 is 0. The zero-order valence-electron chi connectivity index (χ0n) is 14.8. The van der Waals surface area contributed by atoms with E-state index in [4.69, 9.17) is 0 Å². The van der Waals surface area contributed by atoms with Crippen LogP contribution in [0.2, 0.25) is 0 Å². The maximum Gasteiger partial charge on any atom is 0.320 e. The Bertz CT molecular complexity index is 697. The number of halogens is 1. The van der Waals surface area contributed by atoms with Crippen LogP contribution >= 0.6 is 0 Å². The molecule has 1 aliphatic rings. The average molecular weight is 356 g/mol. The first-order chi connectivity index (χ1) is 12.7. The van der Waals surface area contributed by atoms with E-state index < -0.39 is 0 Å². The fraction of sp³-hybridized carbons (Fsp3) is 0.400. The van der Waals surface area contributed by atoms with Gasteiger partial charge in [-0.2, -0.15) is 0 Å². The Morgan fingerprint density at radius 1 is 1.08 bits per heavy atom. The second-order valence-corrected chi connectivity index (χ2v) is 6.67. The fourth-order valence-corrected chi connectivity index (χ4v) is 3.16. The minimum Gasteiger partial charge on any atom is -0.383 e. The Hall–Kier alpha value is -2.63. The molecule has 0 spiro atoms. The van der Waals surface area contributed by atoms with Crippen LogP contribution < -0.4 is 16.0 Å². The Balaban J connectivity index is 1.41. The monoisotopic (exact) mass is 356 g/mol. The van der Waals surface area contributed by atoms with Crippen molar-refractivity contribution in [3.05, 3.63) is 54.0 Å². The van der Waals surface area contributed by atoms with Gasteiger partial charge in [0.2, 0.25) is 0 Å². The maximum atomic E-state index is 12.9. The predicted molar refractivity (Wildman–Crippen MR) is 102 cm³/mol. The van der Waals surface area contributed by atoms with Crippen molar-refractivity contribution in [3.8, 4) is 0 Å². The van der Waals surface area contributed by atoms with Gasteiger partial charge in [0.1, 0.15) is 11.6 Å². The Morgan fingerprint density at radius 3 is 2.54 bits per heavy atom. The molecule has 0 aliphatic heterocycles. The van der Waals surface area contributed by atoms with E-state index in [1.807, 2.05) is 6.07 Å². The lowest BCUT2D eigenvalue weighted by atomic mass is 9.96. The summed E-state index contributed by atoms with van der Waals surface area (Å²) in [4.78, 5) is 16.3. The zero-order valence-corrected chi connectivity index (χ0v) is 14.8. The van der Waals surface area contributed by atoms with Gasteiger partial charge in [-0.1, -0.05) is 31.4 Å². The first-order valence-electron chi connectivity index (χ1n) is 9.21. The number of carbonyl (C=O) groups excluding carboxylic acids is 1. The summed E-state index contributed by atoms with van der Waals surface area (Å²) in [6.45, 7) is 0.724. The van der Waals surface area contributed by atoms with E-state index >= 15 is 0 Å². The molecule has 3 rings (SSSR count). The van der Waals surface area contributed by atoms with Crippen LogP contribution in [0.25, 0.3) is 0 Å². The molecule has 1 aromatic heterocycles. The van der Waals surface area contributed by atoms with Crippen molar-refractivity contribution < 1.29 is 9.18 Å². The van der Waals surface area contributed by atoms with Gasteiger partial charge in [0.25, 0.3) is 0 Å². The number of rotatable bonds is 6. The number of aromatic nitrogens is 1. The third-order valence-electron chi connectivity index (χ3n) is 4.60. The van der Waals surface area contributed by atoms with Gasteiger partial charge in [0.05, 0.1) is 11.9 Å². The van der Waals surface area contributed by atoms with Crippen LogP contribution in [0.5, 0.6) is 0 Å². The van der Waals surface area contributed by atoms with Gasteiger partial charge in [-0.05, 0) is 49.1 Å². The standard InChI is InChI=1S/C20H25FN4O/c21-16-8-6-15(7-9-16)12-13-22-18-10-11-19(23-14-18)25-20(26)24-17-4-2-1-3-5-17/h6-11,14,17,22H,1-5,12-13H2,(H2,23,24,25,26). The van der Waals surface area contributed by atoms with Gasteiger partial charge in [0.15, 0.2) is 0 Å². The SMILES string of the molecule is O=C(Nc1ccc(NCCc2ccc(F)cc2)cn1)NC1CCCCC1. The van der Waals surface area contributed by atoms with Crippen LogP contribution in [-0.2, 0) is 6.42 Å². The molecular formula is C20H25FN4O. The van der Waals surface area contributed by atoms with Crippen LogP contribution in [0, 0.1) is 5.82 Å². The van der Waals surface area contributed by atoms with Crippen LogP contribution in [0.4, 0.5) is 20.7 Å². The highest BCUT2D eigenvalue weighted by atomic mass is 19.1. The van der Waals surface area contributed by atoms with E-state index in [9.17, 15) is 9.18 Å². The van der Waals surface area contributed by atoms with Crippen molar-refractivity contribution in [2.75, 3.05) is 17.2 Å². The quantitative estimate of drug-likeness (QED) is 0.722. The number of anilines is 2. The van der Waals surface area contributed by atoms with Gasteiger partial charge in [-0.15, -0.1) is 0 Å². The number of hydrogen-bond donors (Lipinski definition) is 3. The summed E-state index contributed by atoms with van der Waals surface area (Å²) in [5.41, 5.74) is 1.95. The van der Waals surface area contributed by atoms with E-state index in [-0.39, 0.29) is 17.9 Å². The van der Waals surface area contributed by atoms with Crippen LogP contribution in [0.3, 0.4) is 0 Å². The van der Waals surface area contributed by atoms with Gasteiger partial charge >= 0.3 is 6.03 Å². The molecule has 26 heavy (non-hydrogen) atoms. The average Bonchev–Trinajstić information content (AvgIpc) is 2.65. The summed E-state index contributed by atoms with van der Waals surface area (Å²) < 4.78 is 12.9. The number of nitrogens with zero attached hydrogens (tertiary/aromatic N) is 1. The molecule has 0 atom stereocenters. The smallest absolute Gasteiger partial charge is 0.320 e. The van der Waals surface area contributed by atoms with Gasteiger partial charge in [-0.3, -0.25) is 5.32 Å². The number of nitrogens with one attached hydrogen (secondary N) is 3. The molecule has 1 aromatic carbocycles. The molecule has 0 unspecified atom stereocenters. The number of hydrogen-bond acceptors (Lipinski definition) is 3. The van der Waals surface area contributed by atoms with E-state index in [1.54, 1.807) is 24.4 Å². The van der Waals surface area contributed by atoms with Gasteiger partial charge < -0.3 is 10.6 Å². The molecule has 1 saturated carbocycles. The Kier molecular flexibility index (Phi) is 6.41. The van der Waals surface area contributed by atoms with Gasteiger partial charge in [0, 0.05) is 12.6 Å². The van der Waals surface area contributed by atoms with Crippen LogP contribution in [0.15, 0.2) is 42.6 Å². The molecule has 3 N–H and O–H groups in total. The summed E-state index contributed by atoms with van der Waals surface area (Å²) in [5.74, 6) is 0.309. The lowest BCUT2D eigenvalue weighted by Gasteiger charge is -2.22. The zero-order chi connectivity index (χ0) is 18.2. The number of carbonyl (C=O) groups is 1. The summed E-state index contributed by atoms with van der Waals surface area (Å²) in [5, 5.41) is 9.05. The Morgan fingerprint density at radius 2 is 1.85 bits per heavy atom. The predicted octanol–water partition coefficient (Wildman–Crippen LogP) is 4.33. The van der Waals surface area contributed by atoms with E-state index in [2.05, 4.69) is 20.9 Å². The fourth-order valence-electron chi connectivity index (χ4n) is 3.16. The third kappa shape index (κ3) is 5.72. The Labute approximate surface area is 153 Å². The normalized spacial score (nSPS) is 14.7. The van der Waals surface area contributed by atoms with Crippen molar-refractivity contribution in [1.29, 1.82) is 0 Å². The molecule has 0 bridgehead atoms. The van der Waals surface area contributed by atoms with E-state index in [0.29, 0.717) is 5.82 Å². The molecule has 1 fully saturated rings. The number of urea groups is 1. The van der Waals surface area contributed by atoms with Crippen molar-refractivity contribution in [2.24, 2.45) is 0 Å². The summed E-state index contributed by atoms with van der Waals surface area (Å²) in [7, 11) is 0. The molecule has 1 heterocycles. The molecule has 0 radical (unpaired) electrons. The number of benzene rings is 1. The highest BCUT2D eigenvalue weighted by molar-refractivity contribution is 5.88. The minimum absolute atomic E-state index is 0.193. The van der Waals surface area contributed by atoms with Crippen LogP contribution in [0.1, 0.15) is 37.7 Å². The minimum atomic E-state index is -0.221.